The van der Waals surface area contributed by atoms with Crippen LogP contribution in [0, 0.1) is 0 Å². The fourth-order valence-corrected chi connectivity index (χ4v) is 2.50. The molecule has 1 aromatic heterocycles. The Kier molecular flexibility index (Phi) is 2.41. The zero-order chi connectivity index (χ0) is 14.4. The van der Waals surface area contributed by atoms with Gasteiger partial charge in [-0.05, 0) is 35.4 Å². The molecule has 4 rings (SSSR count). The fraction of sp³-hybridized carbons (Fsp3) is 0.0625. The minimum Gasteiger partial charge on any atom is -0.477 e. The third-order valence-electron chi connectivity index (χ3n) is 3.56. The predicted octanol–water partition coefficient (Wildman–Crippen LogP) is 3.26. The molecule has 21 heavy (non-hydrogen) atoms. The van der Waals surface area contributed by atoms with Gasteiger partial charge in [0.25, 0.3) is 0 Å². The molecular weight excluding hydrogens is 270 g/mol. The van der Waals surface area contributed by atoms with Gasteiger partial charge in [-0.25, -0.2) is 4.79 Å². The van der Waals surface area contributed by atoms with Gasteiger partial charge in [0, 0.05) is 10.9 Å². The van der Waals surface area contributed by atoms with E-state index in [4.69, 9.17) is 14.6 Å². The molecule has 0 unspecified atom stereocenters. The van der Waals surface area contributed by atoms with E-state index in [1.165, 1.54) is 0 Å². The van der Waals surface area contributed by atoms with Crippen molar-refractivity contribution >= 4 is 16.9 Å². The van der Waals surface area contributed by atoms with Crippen LogP contribution in [0.2, 0.25) is 0 Å². The molecule has 0 radical (unpaired) electrons. The maximum Gasteiger partial charge on any atom is 0.352 e. The van der Waals surface area contributed by atoms with Crippen molar-refractivity contribution in [1.29, 1.82) is 0 Å². The van der Waals surface area contributed by atoms with E-state index < -0.39 is 5.97 Å². The molecular formula is C16H11NO4. The van der Waals surface area contributed by atoms with Crippen LogP contribution in [0.4, 0.5) is 0 Å². The van der Waals surface area contributed by atoms with E-state index in [1.807, 2.05) is 36.4 Å². The Morgan fingerprint density at radius 2 is 1.76 bits per heavy atom. The molecule has 0 saturated heterocycles. The fourth-order valence-electron chi connectivity index (χ4n) is 2.50. The number of rotatable bonds is 2. The van der Waals surface area contributed by atoms with Crippen molar-refractivity contribution < 1.29 is 19.4 Å². The molecule has 0 saturated carbocycles. The van der Waals surface area contributed by atoms with Crippen LogP contribution < -0.4 is 9.47 Å². The highest BCUT2D eigenvalue weighted by Crippen LogP contribution is 2.36. The zero-order valence-electron chi connectivity index (χ0n) is 10.9. The van der Waals surface area contributed by atoms with Crippen LogP contribution in [-0.4, -0.2) is 22.9 Å². The molecule has 3 aromatic rings. The number of H-pyrrole nitrogens is 1. The van der Waals surface area contributed by atoms with Gasteiger partial charge in [-0.3, -0.25) is 0 Å². The molecule has 0 aliphatic carbocycles. The molecule has 5 heteroatoms. The van der Waals surface area contributed by atoms with Gasteiger partial charge in [-0.2, -0.15) is 0 Å². The maximum absolute atomic E-state index is 11.0. The van der Waals surface area contributed by atoms with E-state index >= 15 is 0 Å². The first-order valence-corrected chi connectivity index (χ1v) is 6.47. The standard InChI is InChI=1S/C16H11NO4/c18-16(19)13-6-11-2-1-9(5-12(11)17-13)10-3-4-14-15(7-10)21-8-20-14/h1-7,17H,8H2,(H,18,19). The molecule has 0 fully saturated rings. The Morgan fingerprint density at radius 1 is 1.00 bits per heavy atom. The van der Waals surface area contributed by atoms with Crippen LogP contribution in [-0.2, 0) is 0 Å². The van der Waals surface area contributed by atoms with Gasteiger partial charge in [-0.15, -0.1) is 0 Å². The van der Waals surface area contributed by atoms with Gasteiger partial charge in [0.2, 0.25) is 6.79 Å². The van der Waals surface area contributed by atoms with E-state index in [1.54, 1.807) is 6.07 Å². The van der Waals surface area contributed by atoms with Crippen molar-refractivity contribution in [3.63, 3.8) is 0 Å². The van der Waals surface area contributed by atoms with Crippen LogP contribution >= 0.6 is 0 Å². The molecule has 0 atom stereocenters. The highest BCUT2D eigenvalue weighted by Gasteiger charge is 2.14. The third-order valence-corrected chi connectivity index (χ3v) is 3.56. The van der Waals surface area contributed by atoms with Crippen molar-refractivity contribution in [2.24, 2.45) is 0 Å². The summed E-state index contributed by atoms with van der Waals surface area (Å²) in [5.74, 6) is 0.508. The van der Waals surface area contributed by atoms with Gasteiger partial charge in [0.15, 0.2) is 11.5 Å². The maximum atomic E-state index is 11.0. The van der Waals surface area contributed by atoms with Crippen LogP contribution in [0.3, 0.4) is 0 Å². The lowest BCUT2D eigenvalue weighted by molar-refractivity contribution is 0.0691. The summed E-state index contributed by atoms with van der Waals surface area (Å²) in [6.45, 7) is 0.246. The Balaban J connectivity index is 1.81. The highest BCUT2D eigenvalue weighted by atomic mass is 16.7. The van der Waals surface area contributed by atoms with E-state index in [9.17, 15) is 4.79 Å². The number of hydrogen-bond donors (Lipinski definition) is 2. The molecule has 2 N–H and O–H groups in total. The SMILES string of the molecule is O=C(O)c1cc2ccc(-c3ccc4c(c3)OCO4)cc2[nH]1. The Labute approximate surface area is 119 Å². The topological polar surface area (TPSA) is 71.6 Å². The molecule has 0 spiro atoms. The van der Waals surface area contributed by atoms with Crippen LogP contribution in [0.15, 0.2) is 42.5 Å². The Hall–Kier alpha value is -2.95. The highest BCUT2D eigenvalue weighted by molar-refractivity contribution is 5.95. The summed E-state index contributed by atoms with van der Waals surface area (Å²) in [4.78, 5) is 13.9. The molecule has 0 amide bonds. The van der Waals surface area contributed by atoms with Crippen molar-refractivity contribution in [3.8, 4) is 22.6 Å². The lowest BCUT2D eigenvalue weighted by Gasteiger charge is -2.03. The number of carboxylic acids is 1. The van der Waals surface area contributed by atoms with E-state index in [0.29, 0.717) is 0 Å². The molecule has 0 bridgehead atoms. The second kappa shape index (κ2) is 4.28. The average molecular weight is 281 g/mol. The minimum atomic E-state index is -0.962. The van der Waals surface area contributed by atoms with Gasteiger partial charge < -0.3 is 19.6 Å². The summed E-state index contributed by atoms with van der Waals surface area (Å²) in [5, 5.41) is 9.89. The second-order valence-corrected chi connectivity index (χ2v) is 4.86. The van der Waals surface area contributed by atoms with E-state index in [-0.39, 0.29) is 12.5 Å². The van der Waals surface area contributed by atoms with Crippen LogP contribution in [0.1, 0.15) is 10.5 Å². The zero-order valence-corrected chi connectivity index (χ0v) is 10.9. The normalized spacial score (nSPS) is 12.8. The van der Waals surface area contributed by atoms with Gasteiger partial charge in [-0.1, -0.05) is 18.2 Å². The van der Waals surface area contributed by atoms with Gasteiger partial charge >= 0.3 is 5.97 Å². The molecule has 104 valence electrons. The first-order chi connectivity index (χ1) is 10.2. The number of fused-ring (bicyclic) bond motifs is 2. The number of carbonyl (C=O) groups is 1. The predicted molar refractivity (Wildman–Crippen MR) is 76.8 cm³/mol. The summed E-state index contributed by atoms with van der Waals surface area (Å²) < 4.78 is 10.7. The third kappa shape index (κ3) is 1.90. The number of ether oxygens (including phenoxy) is 2. The monoisotopic (exact) mass is 281 g/mol. The second-order valence-electron chi connectivity index (χ2n) is 4.86. The Bertz CT molecular complexity index is 866. The van der Waals surface area contributed by atoms with Crippen molar-refractivity contribution in [1.82, 2.24) is 4.98 Å². The first kappa shape index (κ1) is 11.8. The number of carboxylic acid groups (broad SMARTS) is 1. The molecule has 1 aliphatic heterocycles. The summed E-state index contributed by atoms with van der Waals surface area (Å²) >= 11 is 0. The summed E-state index contributed by atoms with van der Waals surface area (Å²) in [6, 6.07) is 13.2. The van der Waals surface area contributed by atoms with Crippen molar-refractivity contribution in [2.45, 2.75) is 0 Å². The van der Waals surface area contributed by atoms with Crippen LogP contribution in [0.25, 0.3) is 22.0 Å². The first-order valence-electron chi connectivity index (χ1n) is 6.47. The molecule has 2 heterocycles. The summed E-state index contributed by atoms with van der Waals surface area (Å²) in [5.41, 5.74) is 2.96. The van der Waals surface area contributed by atoms with Crippen molar-refractivity contribution in [2.75, 3.05) is 6.79 Å². The minimum absolute atomic E-state index is 0.188. The molecule has 2 aromatic carbocycles. The number of benzene rings is 2. The van der Waals surface area contributed by atoms with Gasteiger partial charge in [0.1, 0.15) is 5.69 Å². The quantitative estimate of drug-likeness (QED) is 0.756. The number of nitrogens with one attached hydrogen (secondary N) is 1. The lowest BCUT2D eigenvalue weighted by Crippen LogP contribution is -1.94. The lowest BCUT2D eigenvalue weighted by atomic mass is 10.0. The summed E-state index contributed by atoms with van der Waals surface area (Å²) in [6.07, 6.45) is 0. The largest absolute Gasteiger partial charge is 0.477 e. The number of aromatic amines is 1. The van der Waals surface area contributed by atoms with Crippen molar-refractivity contribution in [3.05, 3.63) is 48.2 Å². The molecule has 5 nitrogen and oxygen atoms in total. The number of aromatic nitrogens is 1. The number of hydrogen-bond acceptors (Lipinski definition) is 3. The van der Waals surface area contributed by atoms with Crippen LogP contribution in [0.5, 0.6) is 11.5 Å². The van der Waals surface area contributed by atoms with E-state index in [2.05, 4.69) is 4.98 Å². The Morgan fingerprint density at radius 3 is 2.62 bits per heavy atom. The smallest absolute Gasteiger partial charge is 0.352 e. The number of aromatic carboxylic acids is 1. The summed E-state index contributed by atoms with van der Waals surface area (Å²) in [7, 11) is 0. The average Bonchev–Trinajstić information content (AvgIpc) is 3.12. The van der Waals surface area contributed by atoms with E-state index in [0.717, 1.165) is 33.5 Å². The molecule has 1 aliphatic rings. The van der Waals surface area contributed by atoms with Gasteiger partial charge in [0.05, 0.1) is 0 Å².